The number of halogens is 6. The summed E-state index contributed by atoms with van der Waals surface area (Å²) in [6.07, 6.45) is -2.46. The number of nitrogens with two attached hydrogens (primary N) is 3. The first kappa shape index (κ1) is 58.2. The van der Waals surface area contributed by atoms with E-state index in [0.717, 1.165) is 117 Å². The van der Waals surface area contributed by atoms with Crippen LogP contribution < -0.4 is 17.2 Å². The molecule has 9 aromatic rings. The summed E-state index contributed by atoms with van der Waals surface area (Å²) in [6, 6.07) is 54.6. The highest BCUT2D eigenvalue weighted by Gasteiger charge is 2.36. The first-order valence-electron chi connectivity index (χ1n) is 26.0. The molecule has 402 valence electrons. The topological polar surface area (TPSA) is 106 Å². The minimum atomic E-state index is -1.43. The Balaban J connectivity index is 1.20. The van der Waals surface area contributed by atoms with Crippen molar-refractivity contribution in [1.29, 1.82) is 0 Å². The van der Waals surface area contributed by atoms with Crippen LogP contribution in [0.3, 0.4) is 0 Å². The zero-order valence-electron chi connectivity index (χ0n) is 44.7. The van der Waals surface area contributed by atoms with E-state index < -0.39 is 25.6 Å². The van der Waals surface area contributed by atoms with Crippen LogP contribution >= 0.6 is 69.6 Å². The maximum absolute atomic E-state index is 7.18. The van der Waals surface area contributed by atoms with Crippen molar-refractivity contribution >= 4 is 76.9 Å². The number of hydrogen-bond donors (Lipinski definition) is 3. The summed E-state index contributed by atoms with van der Waals surface area (Å²) in [7, 11) is -1.43. The van der Waals surface area contributed by atoms with Crippen molar-refractivity contribution in [2.75, 3.05) is 19.6 Å². The third-order valence-electron chi connectivity index (χ3n) is 14.6. The second-order valence-electron chi connectivity index (χ2n) is 20.1. The molecule has 13 heteroatoms. The smallest absolute Gasteiger partial charge is 0.377 e. The van der Waals surface area contributed by atoms with Crippen molar-refractivity contribution in [3.05, 3.63) is 244 Å². The van der Waals surface area contributed by atoms with Gasteiger partial charge < -0.3 is 31.2 Å². The molecule has 3 unspecified atom stereocenters. The number of hydrogen-bond acceptors (Lipinski definition) is 6. The van der Waals surface area contributed by atoms with E-state index in [1.165, 1.54) is 0 Å². The summed E-state index contributed by atoms with van der Waals surface area (Å²) < 4.78 is 21.5. The van der Waals surface area contributed by atoms with Gasteiger partial charge in [0.15, 0.2) is 0 Å². The first-order chi connectivity index (χ1) is 37.9. The molecule has 6 N–H and O–H groups in total. The molecule has 9 aromatic carbocycles. The van der Waals surface area contributed by atoms with Crippen LogP contribution in [0, 0.1) is 41.5 Å². The molecule has 0 saturated carbocycles. The third-order valence-corrected chi connectivity index (χ3v) is 17.1. The molecular weight excluding hydrogens is 1110 g/mol. The SMILES string of the molecule is Cc1ccc(-c2ccc(C(CN)OB(OC(CN)c3ccc(-c4ccc(C)c(Cl)c4)cc3-c3ccc(C)c(Cl)c3)OC(CN)c3ccc(-c4ccc(C)c(Cl)c4)cc3-c3ccc(C)c(Cl)c3)c(-c3ccc(C)c(Cl)c3)c2)cc1Cl. The molecule has 0 aliphatic rings. The molecule has 0 radical (unpaired) electrons. The minimum Gasteiger partial charge on any atom is -0.377 e. The van der Waals surface area contributed by atoms with Gasteiger partial charge in [-0.15, -0.1) is 0 Å². The van der Waals surface area contributed by atoms with Gasteiger partial charge in [-0.3, -0.25) is 0 Å². The Bertz CT molecular complexity index is 3340. The Labute approximate surface area is 494 Å². The summed E-state index contributed by atoms with van der Waals surface area (Å²) in [4.78, 5) is 0. The normalized spacial score (nSPS) is 12.6. The van der Waals surface area contributed by atoms with Crippen molar-refractivity contribution in [2.24, 2.45) is 17.2 Å². The molecule has 3 atom stereocenters. The van der Waals surface area contributed by atoms with E-state index in [9.17, 15) is 0 Å². The van der Waals surface area contributed by atoms with E-state index in [1.807, 2.05) is 169 Å². The Morgan fingerprint density at radius 3 is 0.696 bits per heavy atom. The van der Waals surface area contributed by atoms with Crippen molar-refractivity contribution < 1.29 is 14.0 Å². The van der Waals surface area contributed by atoms with Crippen molar-refractivity contribution in [2.45, 2.75) is 59.9 Å². The average Bonchev–Trinajstić information content (AvgIpc) is 3.47. The zero-order valence-corrected chi connectivity index (χ0v) is 49.3. The van der Waals surface area contributed by atoms with Gasteiger partial charge in [-0.25, -0.2) is 0 Å². The van der Waals surface area contributed by atoms with E-state index in [0.29, 0.717) is 30.1 Å². The largest absolute Gasteiger partial charge is 0.640 e. The number of rotatable bonds is 18. The molecule has 0 bridgehead atoms. The molecule has 0 amide bonds. The molecule has 0 saturated heterocycles. The van der Waals surface area contributed by atoms with Crippen LogP contribution in [0.25, 0.3) is 66.8 Å². The lowest BCUT2D eigenvalue weighted by atomic mass is 9.90. The van der Waals surface area contributed by atoms with Gasteiger partial charge in [-0.2, -0.15) is 0 Å². The van der Waals surface area contributed by atoms with Crippen molar-refractivity contribution in [3.63, 3.8) is 0 Å². The summed E-state index contributed by atoms with van der Waals surface area (Å²) in [6.45, 7) is 11.9. The lowest BCUT2D eigenvalue weighted by molar-refractivity contribution is 0.0121. The lowest BCUT2D eigenvalue weighted by Crippen LogP contribution is -2.37. The Kier molecular flexibility index (Phi) is 18.8. The fraction of sp³-hybridized carbons (Fsp3) is 0.182. The molecule has 0 aliphatic carbocycles. The van der Waals surface area contributed by atoms with Gasteiger partial charge in [0.05, 0.1) is 18.3 Å². The summed E-state index contributed by atoms with van der Waals surface area (Å²) in [5.41, 5.74) is 39.3. The van der Waals surface area contributed by atoms with Crippen LogP contribution in [-0.4, -0.2) is 27.0 Å². The summed E-state index contributed by atoms with van der Waals surface area (Å²) >= 11 is 40.7. The van der Waals surface area contributed by atoms with Gasteiger partial charge in [0.2, 0.25) is 0 Å². The quantitative estimate of drug-likeness (QED) is 0.0739. The van der Waals surface area contributed by atoms with Crippen LogP contribution in [0.4, 0.5) is 0 Å². The van der Waals surface area contributed by atoms with E-state index in [-0.39, 0.29) is 19.6 Å². The summed E-state index contributed by atoms with van der Waals surface area (Å²) in [5, 5.41) is 3.83. The minimum absolute atomic E-state index is 0.0218. The van der Waals surface area contributed by atoms with E-state index in [4.69, 9.17) is 101 Å². The monoisotopic (exact) mass is 1160 g/mol. The molecule has 0 heterocycles. The van der Waals surface area contributed by atoms with Gasteiger partial charge in [0, 0.05) is 49.8 Å². The fourth-order valence-electron chi connectivity index (χ4n) is 9.66. The van der Waals surface area contributed by atoms with Gasteiger partial charge in [-0.1, -0.05) is 179 Å². The molecule has 0 aromatic heterocycles. The predicted octanol–water partition coefficient (Wildman–Crippen LogP) is 18.9. The first-order valence-corrected chi connectivity index (χ1v) is 28.3. The maximum Gasteiger partial charge on any atom is 0.640 e. The predicted molar refractivity (Wildman–Crippen MR) is 335 cm³/mol. The molecule has 79 heavy (non-hydrogen) atoms. The number of benzene rings is 9. The zero-order chi connectivity index (χ0) is 56.2. The summed E-state index contributed by atoms with van der Waals surface area (Å²) in [5.74, 6) is 0. The standard InChI is InChI=1S/C66H60BCl6N3O3/c1-37-7-13-46(28-58(37)68)43-19-22-52(55(25-43)49-16-10-40(4)61(71)31-49)64(34-74)77-67(78-65(35-75)53-23-20-44(47-14-8-38(2)59(69)29-47)26-56(53)50-17-11-41(5)62(72)32-50)79-66(36-76)54-24-21-45(48-15-9-39(3)60(70)30-48)27-57(54)51-18-12-42(6)63(73)33-51/h7-33,64-66H,34-36,74-76H2,1-6H3. The Hall–Kier alpha value is -5.46. The molecular formula is C66H60BCl6N3O3. The molecule has 0 fully saturated rings. The van der Waals surface area contributed by atoms with Gasteiger partial charge in [0.25, 0.3) is 0 Å². The fourth-order valence-corrected chi connectivity index (χ4v) is 10.7. The second kappa shape index (κ2) is 25.6. The lowest BCUT2D eigenvalue weighted by Gasteiger charge is -2.30. The maximum atomic E-state index is 7.18. The van der Waals surface area contributed by atoms with Gasteiger partial charge >= 0.3 is 7.32 Å². The highest BCUT2D eigenvalue weighted by atomic mass is 35.5. The second-order valence-corrected chi connectivity index (χ2v) is 22.5. The van der Waals surface area contributed by atoms with Crippen LogP contribution in [0.5, 0.6) is 0 Å². The van der Waals surface area contributed by atoms with Gasteiger partial charge in [-0.05, 0) is 213 Å². The molecule has 9 rings (SSSR count). The highest BCUT2D eigenvalue weighted by Crippen LogP contribution is 2.42. The third kappa shape index (κ3) is 13.2. The van der Waals surface area contributed by atoms with Gasteiger partial charge in [0.1, 0.15) is 0 Å². The average molecular weight is 1170 g/mol. The van der Waals surface area contributed by atoms with Crippen LogP contribution in [0.1, 0.15) is 68.4 Å². The van der Waals surface area contributed by atoms with Crippen molar-refractivity contribution in [3.8, 4) is 66.8 Å². The molecule has 0 aliphatic heterocycles. The highest BCUT2D eigenvalue weighted by molar-refractivity contribution is 6.37. The van der Waals surface area contributed by atoms with Crippen LogP contribution in [-0.2, 0) is 14.0 Å². The van der Waals surface area contributed by atoms with E-state index >= 15 is 0 Å². The van der Waals surface area contributed by atoms with E-state index in [1.54, 1.807) is 0 Å². The van der Waals surface area contributed by atoms with E-state index in [2.05, 4.69) is 36.4 Å². The Morgan fingerprint density at radius 2 is 0.481 bits per heavy atom. The molecule has 0 spiro atoms. The Morgan fingerprint density at radius 1 is 0.291 bits per heavy atom. The van der Waals surface area contributed by atoms with Crippen LogP contribution in [0.15, 0.2) is 164 Å². The van der Waals surface area contributed by atoms with Crippen molar-refractivity contribution in [1.82, 2.24) is 0 Å². The number of aryl methyl sites for hydroxylation is 6. The van der Waals surface area contributed by atoms with Crippen LogP contribution in [0.2, 0.25) is 30.1 Å². The molecule has 6 nitrogen and oxygen atoms in total.